The molecule has 0 aromatic heterocycles. The normalized spacial score (nSPS) is 21.6. The Bertz CT molecular complexity index is 118. The summed E-state index contributed by atoms with van der Waals surface area (Å²) in [5.74, 6) is 0.894. The summed E-state index contributed by atoms with van der Waals surface area (Å²) in [5.41, 5.74) is 5.51. The van der Waals surface area contributed by atoms with Crippen molar-refractivity contribution in [3.8, 4) is 0 Å². The third-order valence-corrected chi connectivity index (χ3v) is 1.81. The average molecular weight is 127 g/mol. The second-order valence-corrected chi connectivity index (χ2v) is 2.90. The molecule has 0 radical (unpaired) electrons. The van der Waals surface area contributed by atoms with Crippen molar-refractivity contribution >= 4 is 5.78 Å². The Morgan fingerprint density at radius 1 is 1.78 bits per heavy atom. The van der Waals surface area contributed by atoms with Crippen LogP contribution in [-0.4, -0.2) is 11.8 Å². The van der Waals surface area contributed by atoms with Crippen molar-refractivity contribution in [2.75, 3.05) is 0 Å². The Kier molecular flexibility index (Phi) is 1.86. The van der Waals surface area contributed by atoms with E-state index in [-0.39, 0.29) is 11.8 Å². The van der Waals surface area contributed by atoms with E-state index in [0.717, 1.165) is 12.3 Å². The first-order chi connectivity index (χ1) is 4.20. The average Bonchev–Trinajstić information content (AvgIpc) is 2.50. The number of Topliss-reactive ketones (excluding diaryl/α,β-unsaturated/α-hetero) is 1. The number of nitrogens with two attached hydrogens (primary N) is 1. The monoisotopic (exact) mass is 127 g/mol. The fourth-order valence-electron chi connectivity index (χ4n) is 0.879. The number of hydrogen-bond donors (Lipinski definition) is 1. The third kappa shape index (κ3) is 2.14. The highest BCUT2D eigenvalue weighted by Crippen LogP contribution is 2.33. The Labute approximate surface area is 55.4 Å². The van der Waals surface area contributed by atoms with Gasteiger partial charge in [0, 0.05) is 0 Å². The van der Waals surface area contributed by atoms with Crippen molar-refractivity contribution < 1.29 is 4.79 Å². The van der Waals surface area contributed by atoms with Crippen molar-refractivity contribution in [2.45, 2.75) is 32.2 Å². The van der Waals surface area contributed by atoms with Gasteiger partial charge in [0.1, 0.15) is 5.78 Å². The maximum absolute atomic E-state index is 10.6. The standard InChI is InChI=1S/C7H13NO/c1-5(9)7(8)4-6-2-3-6/h6-7H,2-4,8H2,1H3. The van der Waals surface area contributed by atoms with Crippen LogP contribution in [0, 0.1) is 5.92 Å². The first kappa shape index (κ1) is 6.75. The van der Waals surface area contributed by atoms with E-state index in [0.29, 0.717) is 0 Å². The van der Waals surface area contributed by atoms with Crippen LogP contribution in [0.3, 0.4) is 0 Å². The maximum Gasteiger partial charge on any atom is 0.146 e. The van der Waals surface area contributed by atoms with Gasteiger partial charge in [0.25, 0.3) is 0 Å². The lowest BCUT2D eigenvalue weighted by atomic mass is 10.1. The van der Waals surface area contributed by atoms with Crippen molar-refractivity contribution in [3.63, 3.8) is 0 Å². The molecule has 1 unspecified atom stereocenters. The highest BCUT2D eigenvalue weighted by Gasteiger charge is 2.25. The van der Waals surface area contributed by atoms with E-state index in [2.05, 4.69) is 0 Å². The first-order valence-electron chi connectivity index (χ1n) is 3.46. The molecule has 2 nitrogen and oxygen atoms in total. The summed E-state index contributed by atoms with van der Waals surface area (Å²) in [6.07, 6.45) is 3.47. The van der Waals surface area contributed by atoms with Crippen LogP contribution in [0.15, 0.2) is 0 Å². The van der Waals surface area contributed by atoms with Crippen LogP contribution in [0.5, 0.6) is 0 Å². The van der Waals surface area contributed by atoms with Crippen LogP contribution in [0.4, 0.5) is 0 Å². The van der Waals surface area contributed by atoms with E-state index in [9.17, 15) is 4.79 Å². The van der Waals surface area contributed by atoms with Gasteiger partial charge in [-0.25, -0.2) is 0 Å². The van der Waals surface area contributed by atoms with E-state index >= 15 is 0 Å². The third-order valence-electron chi connectivity index (χ3n) is 1.81. The van der Waals surface area contributed by atoms with Gasteiger partial charge in [-0.3, -0.25) is 4.79 Å². The Balaban J connectivity index is 2.16. The second-order valence-electron chi connectivity index (χ2n) is 2.90. The van der Waals surface area contributed by atoms with Gasteiger partial charge in [-0.2, -0.15) is 0 Å². The molecule has 2 N–H and O–H groups in total. The van der Waals surface area contributed by atoms with Crippen molar-refractivity contribution in [1.29, 1.82) is 0 Å². The largest absolute Gasteiger partial charge is 0.322 e. The topological polar surface area (TPSA) is 43.1 Å². The fourth-order valence-corrected chi connectivity index (χ4v) is 0.879. The van der Waals surface area contributed by atoms with Gasteiger partial charge < -0.3 is 5.73 Å². The molecule has 2 heteroatoms. The van der Waals surface area contributed by atoms with Crippen LogP contribution >= 0.6 is 0 Å². The molecule has 0 spiro atoms. The summed E-state index contributed by atoms with van der Waals surface area (Å²) in [4.78, 5) is 10.6. The molecule has 0 aliphatic heterocycles. The minimum absolute atomic E-state index is 0.127. The zero-order valence-corrected chi connectivity index (χ0v) is 5.76. The summed E-state index contributed by atoms with van der Waals surface area (Å²) >= 11 is 0. The van der Waals surface area contributed by atoms with Crippen LogP contribution in [0.1, 0.15) is 26.2 Å². The van der Waals surface area contributed by atoms with Crippen molar-refractivity contribution in [1.82, 2.24) is 0 Å². The summed E-state index contributed by atoms with van der Waals surface area (Å²) in [6, 6.07) is -0.183. The van der Waals surface area contributed by atoms with Crippen LogP contribution < -0.4 is 5.73 Å². The SMILES string of the molecule is CC(=O)C(N)CC1CC1. The number of carbonyl (C=O) groups is 1. The summed E-state index contributed by atoms with van der Waals surface area (Å²) in [6.45, 7) is 1.56. The van der Waals surface area contributed by atoms with Gasteiger partial charge in [0.15, 0.2) is 0 Å². The summed E-state index contributed by atoms with van der Waals surface area (Å²) in [5, 5.41) is 0. The minimum Gasteiger partial charge on any atom is -0.322 e. The molecule has 0 bridgehead atoms. The van der Waals surface area contributed by atoms with Crippen molar-refractivity contribution in [2.24, 2.45) is 11.7 Å². The molecule has 1 atom stereocenters. The Hall–Kier alpha value is -0.370. The van der Waals surface area contributed by atoms with Crippen LogP contribution in [0.25, 0.3) is 0 Å². The number of ketones is 1. The summed E-state index contributed by atoms with van der Waals surface area (Å²) in [7, 11) is 0. The molecule has 9 heavy (non-hydrogen) atoms. The van der Waals surface area contributed by atoms with Gasteiger partial charge in [0.2, 0.25) is 0 Å². The van der Waals surface area contributed by atoms with E-state index in [1.807, 2.05) is 0 Å². The molecule has 1 aliphatic rings. The molecular formula is C7H13NO. The summed E-state index contributed by atoms with van der Waals surface area (Å²) < 4.78 is 0. The zero-order chi connectivity index (χ0) is 6.85. The molecule has 52 valence electrons. The molecule has 1 fully saturated rings. The molecule has 0 aromatic carbocycles. The highest BCUT2D eigenvalue weighted by atomic mass is 16.1. The zero-order valence-electron chi connectivity index (χ0n) is 5.76. The molecule has 1 aliphatic carbocycles. The number of hydrogen-bond acceptors (Lipinski definition) is 2. The molecule has 0 aromatic rings. The highest BCUT2D eigenvalue weighted by molar-refractivity contribution is 5.81. The lowest BCUT2D eigenvalue weighted by molar-refractivity contribution is -0.118. The predicted octanol–water partition coefficient (Wildman–Crippen LogP) is 0.703. The minimum atomic E-state index is -0.183. The molecule has 1 saturated carbocycles. The fraction of sp³-hybridized carbons (Fsp3) is 0.857. The molecule has 0 amide bonds. The Morgan fingerprint density at radius 2 is 2.33 bits per heavy atom. The van der Waals surface area contributed by atoms with E-state index < -0.39 is 0 Å². The van der Waals surface area contributed by atoms with Crippen molar-refractivity contribution in [3.05, 3.63) is 0 Å². The molecule has 0 saturated heterocycles. The van der Waals surface area contributed by atoms with Gasteiger partial charge in [0.05, 0.1) is 6.04 Å². The second kappa shape index (κ2) is 2.48. The van der Waals surface area contributed by atoms with Gasteiger partial charge in [-0.05, 0) is 19.3 Å². The molecule has 1 rings (SSSR count). The predicted molar refractivity (Wildman–Crippen MR) is 36.0 cm³/mol. The quantitative estimate of drug-likeness (QED) is 0.606. The molecular weight excluding hydrogens is 114 g/mol. The number of rotatable bonds is 3. The maximum atomic E-state index is 10.6. The lowest BCUT2D eigenvalue weighted by Crippen LogP contribution is -2.28. The van der Waals surface area contributed by atoms with Crippen LogP contribution in [0.2, 0.25) is 0 Å². The van der Waals surface area contributed by atoms with E-state index in [1.165, 1.54) is 12.8 Å². The van der Waals surface area contributed by atoms with E-state index in [1.54, 1.807) is 6.92 Å². The van der Waals surface area contributed by atoms with Gasteiger partial charge in [-0.1, -0.05) is 12.8 Å². The van der Waals surface area contributed by atoms with Gasteiger partial charge in [-0.15, -0.1) is 0 Å². The van der Waals surface area contributed by atoms with Gasteiger partial charge >= 0.3 is 0 Å². The molecule has 0 heterocycles. The lowest BCUT2D eigenvalue weighted by Gasteiger charge is -2.03. The Morgan fingerprint density at radius 3 is 2.67 bits per heavy atom. The number of carbonyl (C=O) groups excluding carboxylic acids is 1. The van der Waals surface area contributed by atoms with Crippen LogP contribution in [-0.2, 0) is 4.79 Å². The smallest absolute Gasteiger partial charge is 0.146 e. The first-order valence-corrected chi connectivity index (χ1v) is 3.46. The van der Waals surface area contributed by atoms with E-state index in [4.69, 9.17) is 5.73 Å².